The first kappa shape index (κ1) is 23.2. The number of ether oxygens (including phenoxy) is 4. The molecule has 144 valence electrons. The molecule has 0 aromatic carbocycles. The van der Waals surface area contributed by atoms with Crippen LogP contribution >= 0.6 is 19.9 Å². The Morgan fingerprint density at radius 1 is 1.40 bits per heavy atom. The van der Waals surface area contributed by atoms with Crippen LogP contribution in [0.1, 0.15) is 26.7 Å². The summed E-state index contributed by atoms with van der Waals surface area (Å²) in [6.45, 7) is 8.73. The number of rotatable bonds is 15. The van der Waals surface area contributed by atoms with Crippen LogP contribution in [0.25, 0.3) is 0 Å². The van der Waals surface area contributed by atoms with E-state index in [1.807, 2.05) is 6.08 Å². The van der Waals surface area contributed by atoms with Gasteiger partial charge in [0.1, 0.15) is 18.5 Å². The van der Waals surface area contributed by atoms with E-state index in [-0.39, 0.29) is 36.6 Å². The van der Waals surface area contributed by atoms with E-state index in [4.69, 9.17) is 23.6 Å². The van der Waals surface area contributed by atoms with E-state index in [0.29, 0.717) is 21.5 Å². The van der Waals surface area contributed by atoms with Crippen LogP contribution in [0.3, 0.4) is 0 Å². The van der Waals surface area contributed by atoms with Crippen molar-refractivity contribution < 1.29 is 23.6 Å². The Bertz CT molecular complexity index is 414. The number of methoxy groups -OCH3 is 2. The Labute approximate surface area is 160 Å². The van der Waals surface area contributed by atoms with Crippen molar-refractivity contribution in [1.82, 2.24) is 0 Å². The molecule has 1 aliphatic heterocycles. The number of allylic oxidation sites excluding steroid dienone is 2. The summed E-state index contributed by atoms with van der Waals surface area (Å²) in [7, 11) is 4.46. The lowest BCUT2D eigenvalue weighted by molar-refractivity contribution is -0.130. The molecule has 1 saturated heterocycles. The first-order chi connectivity index (χ1) is 12.0. The molecule has 1 heterocycles. The maximum Gasteiger partial charge on any atom is 0.310 e. The summed E-state index contributed by atoms with van der Waals surface area (Å²) in [4.78, 5) is 0. The highest BCUT2D eigenvalue weighted by Gasteiger charge is 2.57. The molecule has 0 radical (unpaired) electrons. The molecule has 25 heavy (non-hydrogen) atoms. The van der Waals surface area contributed by atoms with Gasteiger partial charge in [-0.1, -0.05) is 32.8 Å². The molecule has 0 aliphatic carbocycles. The van der Waals surface area contributed by atoms with Gasteiger partial charge in [-0.15, -0.1) is 6.58 Å². The summed E-state index contributed by atoms with van der Waals surface area (Å²) in [6, 6.07) is 0. The predicted molar refractivity (Wildman–Crippen MR) is 109 cm³/mol. The van der Waals surface area contributed by atoms with Crippen molar-refractivity contribution in [2.24, 2.45) is 5.92 Å². The lowest BCUT2D eigenvalue weighted by Crippen LogP contribution is -2.40. The highest BCUT2D eigenvalue weighted by atomic mass is 32.7. The molecule has 0 amide bonds. The van der Waals surface area contributed by atoms with E-state index < -0.39 is 0 Å². The predicted octanol–water partition coefficient (Wildman–Crippen LogP) is 3.11. The minimum absolute atomic E-state index is 0.0665. The minimum Gasteiger partial charge on any atom is -0.431 e. The van der Waals surface area contributed by atoms with Crippen LogP contribution in [-0.4, -0.2) is 58.7 Å². The van der Waals surface area contributed by atoms with Crippen LogP contribution in [0, 0.1) is 5.92 Å². The SMILES string of the molecule is C=CCC/C=C/[C@H](OC)[C@@H](OCOC)[C@H](C)[C@H]1O[C@@]1(C)COBPS. The second-order valence-corrected chi connectivity index (χ2v) is 7.95. The van der Waals surface area contributed by atoms with E-state index in [1.165, 1.54) is 0 Å². The van der Waals surface area contributed by atoms with Crippen molar-refractivity contribution in [2.45, 2.75) is 50.6 Å². The highest BCUT2D eigenvalue weighted by molar-refractivity contribution is 8.46. The molecular formula is C17H32BO5PS. The van der Waals surface area contributed by atoms with Crippen molar-refractivity contribution >= 4 is 27.1 Å². The highest BCUT2D eigenvalue weighted by Crippen LogP contribution is 2.44. The minimum atomic E-state index is -0.271. The monoisotopic (exact) mass is 390 g/mol. The molecule has 1 fully saturated rings. The fraction of sp³-hybridized carbons (Fsp3) is 0.765. The van der Waals surface area contributed by atoms with Crippen molar-refractivity contribution in [1.29, 1.82) is 0 Å². The molecule has 0 aromatic rings. The van der Waals surface area contributed by atoms with Crippen LogP contribution in [0.2, 0.25) is 0 Å². The third kappa shape index (κ3) is 7.71. The Morgan fingerprint density at radius 3 is 2.76 bits per heavy atom. The van der Waals surface area contributed by atoms with Crippen molar-refractivity contribution in [3.63, 3.8) is 0 Å². The number of hydrogen-bond donors (Lipinski definition) is 1. The quantitative estimate of drug-likeness (QED) is 0.0886. The third-order valence-corrected chi connectivity index (χ3v) is 5.05. The lowest BCUT2D eigenvalue weighted by Gasteiger charge is -2.29. The molecule has 0 saturated carbocycles. The van der Waals surface area contributed by atoms with Gasteiger partial charge in [0.05, 0.1) is 18.8 Å². The molecule has 6 atom stereocenters. The van der Waals surface area contributed by atoms with Gasteiger partial charge < -0.3 is 23.6 Å². The standard InChI is InChI=1S/C17H32BO5PS/c1-6-7-8-9-10-14(20-5)15(21-12-19-4)13(2)16-17(3,23-16)11-22-18-24-25/h6,9-10,13-16,18,24-25H,1,7-8,11-12H2,2-5H3/b10-9+/t13-,14-,15-,16+,17-/m0/s1. The van der Waals surface area contributed by atoms with Gasteiger partial charge in [0.15, 0.2) is 0 Å². The first-order valence-corrected chi connectivity index (χ1v) is 11.1. The molecular weight excluding hydrogens is 358 g/mol. The van der Waals surface area contributed by atoms with Gasteiger partial charge in [-0.3, -0.25) is 0 Å². The van der Waals surface area contributed by atoms with Gasteiger partial charge in [-0.2, -0.15) is 12.2 Å². The average Bonchev–Trinajstić information content (AvgIpc) is 3.28. The Balaban J connectivity index is 2.69. The Hall–Kier alpha value is 0.125. The molecule has 1 rings (SSSR count). The van der Waals surface area contributed by atoms with E-state index in [1.54, 1.807) is 14.2 Å². The summed E-state index contributed by atoms with van der Waals surface area (Å²) in [5, 5.41) is 0. The number of epoxide rings is 1. The Kier molecular flexibility index (Phi) is 11.6. The van der Waals surface area contributed by atoms with Gasteiger partial charge in [-0.05, 0) is 19.8 Å². The maximum atomic E-state index is 5.95. The van der Waals surface area contributed by atoms with E-state index in [0.717, 1.165) is 12.8 Å². The number of hydrogen-bond acceptors (Lipinski definition) is 6. The maximum absolute atomic E-state index is 5.95. The van der Waals surface area contributed by atoms with Gasteiger partial charge in [-0.25, -0.2) is 0 Å². The smallest absolute Gasteiger partial charge is 0.310 e. The van der Waals surface area contributed by atoms with Gasteiger partial charge in [0.2, 0.25) is 0 Å². The molecule has 0 N–H and O–H groups in total. The van der Waals surface area contributed by atoms with Crippen LogP contribution in [0.4, 0.5) is 0 Å². The summed E-state index contributed by atoms with van der Waals surface area (Å²) in [5.74, 6) is 0.135. The average molecular weight is 390 g/mol. The summed E-state index contributed by atoms with van der Waals surface area (Å²) < 4.78 is 28.3. The van der Waals surface area contributed by atoms with Crippen molar-refractivity contribution in [3.8, 4) is 0 Å². The van der Waals surface area contributed by atoms with Crippen LogP contribution in [0.15, 0.2) is 24.8 Å². The molecule has 0 spiro atoms. The lowest BCUT2D eigenvalue weighted by atomic mass is 9.90. The second kappa shape index (κ2) is 12.5. The zero-order valence-corrected chi connectivity index (χ0v) is 17.7. The van der Waals surface area contributed by atoms with Crippen LogP contribution < -0.4 is 0 Å². The van der Waals surface area contributed by atoms with Gasteiger partial charge in [0, 0.05) is 20.1 Å². The fourth-order valence-corrected chi connectivity index (χ4v) is 3.43. The van der Waals surface area contributed by atoms with E-state index in [9.17, 15) is 0 Å². The van der Waals surface area contributed by atoms with Gasteiger partial charge >= 0.3 is 7.20 Å². The first-order valence-electron chi connectivity index (χ1n) is 8.57. The zero-order chi connectivity index (χ0) is 18.7. The molecule has 0 bridgehead atoms. The van der Waals surface area contributed by atoms with Crippen molar-refractivity contribution in [2.75, 3.05) is 27.6 Å². The third-order valence-electron chi connectivity index (χ3n) is 4.33. The van der Waals surface area contributed by atoms with Gasteiger partial charge in [0.25, 0.3) is 0 Å². The summed E-state index contributed by atoms with van der Waals surface area (Å²) in [6.07, 6.45) is 7.68. The normalized spacial score (nSPS) is 26.8. The van der Waals surface area contributed by atoms with Crippen LogP contribution in [-0.2, 0) is 23.6 Å². The summed E-state index contributed by atoms with van der Waals surface area (Å²) >= 11 is 4.19. The van der Waals surface area contributed by atoms with Crippen LogP contribution in [0.5, 0.6) is 0 Å². The van der Waals surface area contributed by atoms with Crippen molar-refractivity contribution in [3.05, 3.63) is 24.8 Å². The molecule has 1 unspecified atom stereocenters. The summed E-state index contributed by atoms with van der Waals surface area (Å²) in [5.41, 5.74) is -0.271. The zero-order valence-electron chi connectivity index (χ0n) is 15.8. The Morgan fingerprint density at radius 2 is 2.16 bits per heavy atom. The van der Waals surface area contributed by atoms with E-state index in [2.05, 4.69) is 44.8 Å². The molecule has 0 aromatic heterocycles. The topological polar surface area (TPSA) is 49.5 Å². The molecule has 1 aliphatic rings. The fourth-order valence-electron chi connectivity index (χ4n) is 2.97. The number of thiol groups is 1. The number of unbranched alkanes of at least 4 members (excludes halogenated alkanes) is 1. The molecule has 8 heteroatoms. The molecule has 5 nitrogen and oxygen atoms in total. The second-order valence-electron chi connectivity index (χ2n) is 6.39. The van der Waals surface area contributed by atoms with E-state index >= 15 is 0 Å². The largest absolute Gasteiger partial charge is 0.431 e.